The van der Waals surface area contributed by atoms with Crippen molar-refractivity contribution in [1.82, 2.24) is 4.90 Å². The fourth-order valence-electron chi connectivity index (χ4n) is 1.91. The van der Waals surface area contributed by atoms with Gasteiger partial charge in [0.25, 0.3) is 0 Å². The van der Waals surface area contributed by atoms with E-state index in [-0.39, 0.29) is 12.0 Å². The average molecular weight is 245 g/mol. The van der Waals surface area contributed by atoms with Crippen molar-refractivity contribution >= 4 is 6.09 Å². The summed E-state index contributed by atoms with van der Waals surface area (Å²) in [5, 5.41) is 0. The van der Waals surface area contributed by atoms with Crippen molar-refractivity contribution in [2.24, 2.45) is 0 Å². The lowest BCUT2D eigenvalue weighted by atomic mass is 10.0. The molecule has 1 atom stereocenters. The zero-order valence-electron chi connectivity index (χ0n) is 11.1. The van der Waals surface area contributed by atoms with E-state index in [2.05, 4.69) is 12.1 Å². The summed E-state index contributed by atoms with van der Waals surface area (Å²) in [6.07, 6.45) is 3.57. The van der Waals surface area contributed by atoms with Crippen LogP contribution in [0.1, 0.15) is 32.3 Å². The number of nitrogens with zero attached hydrogens (tertiary/aromatic N) is 1. The molecule has 0 aliphatic carbocycles. The summed E-state index contributed by atoms with van der Waals surface area (Å²) in [6, 6.07) is 10.2. The van der Waals surface area contributed by atoms with E-state index in [1.54, 1.807) is 4.90 Å². The van der Waals surface area contributed by atoms with Gasteiger partial charge in [-0.25, -0.2) is 4.79 Å². The van der Waals surface area contributed by atoms with E-state index in [0.29, 0.717) is 6.54 Å². The molecule has 96 valence electrons. The second-order valence-corrected chi connectivity index (χ2v) is 5.49. The number of carbonyl (C=O) groups is 1. The zero-order chi connectivity index (χ0) is 13.2. The Kier molecular flexibility index (Phi) is 3.41. The molecule has 0 aromatic heterocycles. The molecule has 0 bridgehead atoms. The first-order chi connectivity index (χ1) is 8.46. The second kappa shape index (κ2) is 4.84. The first-order valence-corrected chi connectivity index (χ1v) is 6.18. The summed E-state index contributed by atoms with van der Waals surface area (Å²) < 4.78 is 5.34. The Morgan fingerprint density at radius 2 is 1.94 bits per heavy atom. The number of hydrogen-bond donors (Lipinski definition) is 0. The van der Waals surface area contributed by atoms with Crippen molar-refractivity contribution in [1.29, 1.82) is 0 Å². The normalized spacial score (nSPS) is 19.1. The smallest absolute Gasteiger partial charge is 0.414 e. The van der Waals surface area contributed by atoms with E-state index in [0.717, 1.165) is 0 Å². The maximum absolute atomic E-state index is 11.9. The average Bonchev–Trinajstić information content (AvgIpc) is 2.77. The topological polar surface area (TPSA) is 29.5 Å². The molecule has 0 N–H and O–H groups in total. The van der Waals surface area contributed by atoms with Gasteiger partial charge in [0.05, 0.1) is 0 Å². The van der Waals surface area contributed by atoms with Gasteiger partial charge in [-0.05, 0) is 26.3 Å². The molecule has 1 aliphatic rings. The monoisotopic (exact) mass is 245 g/mol. The first kappa shape index (κ1) is 12.7. The lowest BCUT2D eigenvalue weighted by Gasteiger charge is -2.24. The number of hydrogen-bond acceptors (Lipinski definition) is 2. The Labute approximate surface area is 108 Å². The van der Waals surface area contributed by atoms with Crippen LogP contribution >= 0.6 is 0 Å². The maximum Gasteiger partial charge on any atom is 0.414 e. The minimum atomic E-state index is -0.449. The van der Waals surface area contributed by atoms with Gasteiger partial charge in [0, 0.05) is 18.7 Å². The van der Waals surface area contributed by atoms with Gasteiger partial charge in [0.2, 0.25) is 0 Å². The third kappa shape index (κ3) is 3.13. The Hall–Kier alpha value is -1.77. The van der Waals surface area contributed by atoms with Crippen LogP contribution in [0.15, 0.2) is 42.6 Å². The number of rotatable bonds is 1. The third-order valence-electron chi connectivity index (χ3n) is 2.75. The van der Waals surface area contributed by atoms with Crippen molar-refractivity contribution in [3.63, 3.8) is 0 Å². The molecule has 1 aliphatic heterocycles. The van der Waals surface area contributed by atoms with Gasteiger partial charge in [-0.3, -0.25) is 4.90 Å². The summed E-state index contributed by atoms with van der Waals surface area (Å²) in [5.74, 6) is 0.263. The largest absolute Gasteiger partial charge is 0.443 e. The van der Waals surface area contributed by atoms with Crippen molar-refractivity contribution in [2.45, 2.75) is 32.3 Å². The van der Waals surface area contributed by atoms with Crippen LogP contribution in [-0.2, 0) is 4.74 Å². The zero-order valence-corrected chi connectivity index (χ0v) is 11.1. The maximum atomic E-state index is 11.9. The van der Waals surface area contributed by atoms with Gasteiger partial charge in [-0.15, -0.1) is 0 Å². The van der Waals surface area contributed by atoms with E-state index in [4.69, 9.17) is 4.74 Å². The number of carbonyl (C=O) groups excluding carboxylic acids is 1. The predicted molar refractivity (Wildman–Crippen MR) is 71.3 cm³/mol. The van der Waals surface area contributed by atoms with E-state index < -0.39 is 5.60 Å². The molecule has 3 heteroatoms. The second-order valence-electron chi connectivity index (χ2n) is 5.49. The highest BCUT2D eigenvalue weighted by Gasteiger charge is 2.26. The highest BCUT2D eigenvalue weighted by atomic mass is 16.6. The van der Waals surface area contributed by atoms with E-state index in [1.165, 1.54) is 5.56 Å². The lowest BCUT2D eigenvalue weighted by Crippen LogP contribution is -2.33. The van der Waals surface area contributed by atoms with Crippen LogP contribution < -0.4 is 0 Å². The van der Waals surface area contributed by atoms with Crippen LogP contribution in [0, 0.1) is 0 Å². The van der Waals surface area contributed by atoms with E-state index >= 15 is 0 Å². The molecule has 0 fully saturated rings. The van der Waals surface area contributed by atoms with Crippen LogP contribution in [0.5, 0.6) is 0 Å². The van der Waals surface area contributed by atoms with Crippen LogP contribution in [0.3, 0.4) is 0 Å². The highest BCUT2D eigenvalue weighted by molar-refractivity contribution is 5.70. The fraction of sp³-hybridized carbons (Fsp3) is 0.400. The van der Waals surface area contributed by atoms with Gasteiger partial charge in [0.1, 0.15) is 5.60 Å². The Bertz CT molecular complexity index is 445. The molecule has 1 aromatic carbocycles. The van der Waals surface area contributed by atoms with Crippen molar-refractivity contribution in [3.8, 4) is 0 Å². The number of benzene rings is 1. The van der Waals surface area contributed by atoms with E-state index in [9.17, 15) is 4.79 Å². The van der Waals surface area contributed by atoms with E-state index in [1.807, 2.05) is 51.2 Å². The molecule has 18 heavy (non-hydrogen) atoms. The molecular formula is C15H19NO2. The van der Waals surface area contributed by atoms with Gasteiger partial charge in [-0.2, -0.15) is 0 Å². The Morgan fingerprint density at radius 1 is 1.28 bits per heavy atom. The SMILES string of the molecule is CC(C)(C)OC(=O)N1C=CC(c2ccccc2)C1. The molecule has 2 rings (SSSR count). The Morgan fingerprint density at radius 3 is 2.56 bits per heavy atom. The van der Waals surface area contributed by atoms with Gasteiger partial charge < -0.3 is 4.74 Å². The van der Waals surface area contributed by atoms with Crippen LogP contribution in [0.25, 0.3) is 0 Å². The van der Waals surface area contributed by atoms with Gasteiger partial charge in [0.15, 0.2) is 0 Å². The van der Waals surface area contributed by atoms with Gasteiger partial charge >= 0.3 is 6.09 Å². The minimum Gasteiger partial charge on any atom is -0.443 e. The quantitative estimate of drug-likeness (QED) is 0.757. The summed E-state index contributed by atoms with van der Waals surface area (Å²) in [6.45, 7) is 6.27. The molecule has 1 aromatic rings. The highest BCUT2D eigenvalue weighted by Crippen LogP contribution is 2.25. The van der Waals surface area contributed by atoms with Crippen LogP contribution in [-0.4, -0.2) is 23.1 Å². The third-order valence-corrected chi connectivity index (χ3v) is 2.75. The standard InChI is InChI=1S/C15H19NO2/c1-15(2,3)18-14(17)16-10-9-13(11-16)12-7-5-4-6-8-12/h4-10,13H,11H2,1-3H3. The lowest BCUT2D eigenvalue weighted by molar-refractivity contribution is 0.0345. The number of amides is 1. The molecular weight excluding hydrogens is 226 g/mol. The molecule has 0 saturated heterocycles. The van der Waals surface area contributed by atoms with Crippen molar-refractivity contribution < 1.29 is 9.53 Å². The molecule has 1 amide bonds. The molecule has 0 radical (unpaired) electrons. The van der Waals surface area contributed by atoms with Gasteiger partial charge in [-0.1, -0.05) is 36.4 Å². The molecule has 0 saturated carbocycles. The molecule has 1 unspecified atom stereocenters. The molecule has 1 heterocycles. The van der Waals surface area contributed by atoms with Crippen LogP contribution in [0.2, 0.25) is 0 Å². The summed E-state index contributed by atoms with van der Waals surface area (Å²) in [4.78, 5) is 13.5. The van der Waals surface area contributed by atoms with Crippen molar-refractivity contribution in [2.75, 3.05) is 6.54 Å². The summed E-state index contributed by atoms with van der Waals surface area (Å²) >= 11 is 0. The first-order valence-electron chi connectivity index (χ1n) is 6.18. The molecule has 0 spiro atoms. The minimum absolute atomic E-state index is 0.263. The summed E-state index contributed by atoms with van der Waals surface area (Å²) in [5.41, 5.74) is 0.773. The summed E-state index contributed by atoms with van der Waals surface area (Å²) in [7, 11) is 0. The fourth-order valence-corrected chi connectivity index (χ4v) is 1.91. The number of ether oxygens (including phenoxy) is 1. The van der Waals surface area contributed by atoms with Crippen molar-refractivity contribution in [3.05, 3.63) is 48.2 Å². The van der Waals surface area contributed by atoms with Crippen LogP contribution in [0.4, 0.5) is 4.79 Å². The molecule has 3 nitrogen and oxygen atoms in total. The Balaban J connectivity index is 1.98. The predicted octanol–water partition coefficient (Wildman–Crippen LogP) is 3.53.